The van der Waals surface area contributed by atoms with Crippen molar-refractivity contribution in [1.82, 2.24) is 4.90 Å². The lowest BCUT2D eigenvalue weighted by Gasteiger charge is -2.26. The number of nitro benzene ring substituents is 2. The fourth-order valence-electron chi connectivity index (χ4n) is 3.51. The Kier molecular flexibility index (Phi) is 11.6. The van der Waals surface area contributed by atoms with Crippen LogP contribution >= 0.6 is 0 Å². The molecule has 14 nitrogen and oxygen atoms in total. The summed E-state index contributed by atoms with van der Waals surface area (Å²) in [6.45, 7) is 3.68. The second-order valence-corrected chi connectivity index (χ2v) is 7.97. The minimum atomic E-state index is -0.963. The van der Waals surface area contributed by atoms with Crippen molar-refractivity contribution in [1.29, 1.82) is 0 Å². The van der Waals surface area contributed by atoms with E-state index in [0.717, 1.165) is 38.9 Å². The molecule has 2 aromatic carbocycles. The highest BCUT2D eigenvalue weighted by Gasteiger charge is 2.17. The molecule has 1 heterocycles. The summed E-state index contributed by atoms with van der Waals surface area (Å²) in [5.74, 6) is -0.963. The topological polar surface area (TPSA) is 178 Å². The van der Waals surface area contributed by atoms with Gasteiger partial charge in [-0.25, -0.2) is 9.59 Å². The molecule has 38 heavy (non-hydrogen) atoms. The van der Waals surface area contributed by atoms with Gasteiger partial charge in [-0.2, -0.15) is 4.39 Å². The normalized spacial score (nSPS) is 12.8. The molecular weight excluding hydrogens is 507 g/mol. The van der Waals surface area contributed by atoms with E-state index < -0.39 is 33.5 Å². The number of hydrogen-bond donors (Lipinski definition) is 3. The van der Waals surface area contributed by atoms with Crippen molar-refractivity contribution >= 4 is 40.6 Å². The van der Waals surface area contributed by atoms with Gasteiger partial charge < -0.3 is 19.7 Å². The maximum atomic E-state index is 12.9. The number of halogens is 1. The van der Waals surface area contributed by atoms with E-state index in [-0.39, 0.29) is 11.4 Å². The van der Waals surface area contributed by atoms with Gasteiger partial charge in [0.25, 0.3) is 5.69 Å². The molecule has 1 aliphatic rings. The summed E-state index contributed by atoms with van der Waals surface area (Å²) in [6.07, 6.45) is 2.27. The van der Waals surface area contributed by atoms with Crippen molar-refractivity contribution < 1.29 is 33.3 Å². The molecule has 2 amide bonds. The monoisotopic (exact) mass is 536 g/mol. The van der Waals surface area contributed by atoms with Gasteiger partial charge in [0.2, 0.25) is 5.82 Å². The molecule has 3 N–H and O–H groups in total. The quantitative estimate of drug-likeness (QED) is 0.319. The molecule has 206 valence electrons. The number of carbonyl (C=O) groups excluding carboxylic acids is 2. The summed E-state index contributed by atoms with van der Waals surface area (Å²) in [4.78, 5) is 44.5. The highest BCUT2D eigenvalue weighted by atomic mass is 19.1. The first kappa shape index (κ1) is 29.7. The van der Waals surface area contributed by atoms with Crippen LogP contribution in [0.2, 0.25) is 0 Å². The zero-order valence-corrected chi connectivity index (χ0v) is 20.9. The average Bonchev–Trinajstić information content (AvgIpc) is 2.91. The zero-order valence-electron chi connectivity index (χ0n) is 20.9. The van der Waals surface area contributed by atoms with E-state index in [4.69, 9.17) is 0 Å². The Balaban J connectivity index is 0.000000293. The molecule has 0 spiro atoms. The van der Waals surface area contributed by atoms with Crippen LogP contribution in [0, 0.1) is 26.0 Å². The molecule has 0 aromatic heterocycles. The second-order valence-electron chi connectivity index (χ2n) is 7.97. The Morgan fingerprint density at radius 3 is 1.95 bits per heavy atom. The number of anilines is 3. The summed E-state index contributed by atoms with van der Waals surface area (Å²) in [7, 11) is 2.38. The minimum Gasteiger partial charge on any atom is -0.453 e. The van der Waals surface area contributed by atoms with E-state index in [1.165, 1.54) is 38.5 Å². The minimum absolute atomic E-state index is 0.0717. The number of ether oxygens (including phenoxy) is 2. The average molecular weight is 537 g/mol. The number of methoxy groups -OCH3 is 2. The van der Waals surface area contributed by atoms with Crippen molar-refractivity contribution in [3.63, 3.8) is 0 Å². The lowest BCUT2D eigenvalue weighted by atomic mass is 10.1. The van der Waals surface area contributed by atoms with Gasteiger partial charge in [0.05, 0.1) is 35.4 Å². The van der Waals surface area contributed by atoms with Crippen LogP contribution in [0.15, 0.2) is 36.4 Å². The summed E-state index contributed by atoms with van der Waals surface area (Å²) >= 11 is 0. The zero-order chi connectivity index (χ0) is 28.1. The molecule has 2 aromatic rings. The van der Waals surface area contributed by atoms with Crippen molar-refractivity contribution in [2.75, 3.05) is 56.3 Å². The number of amides is 2. The van der Waals surface area contributed by atoms with Crippen LogP contribution in [0.25, 0.3) is 0 Å². The van der Waals surface area contributed by atoms with E-state index in [9.17, 15) is 34.2 Å². The summed E-state index contributed by atoms with van der Waals surface area (Å²) < 4.78 is 21.6. The molecule has 0 saturated carbocycles. The fraction of sp³-hybridized carbons (Fsp3) is 0.391. The second kappa shape index (κ2) is 14.9. The standard InChI is InChI=1S/C15H22N4O4.C8H7FN2O4/c1-23-15(20)17-12-5-6-13(14(11-12)19(21)22)16-7-10-18-8-3-2-4-9-18;1-15-8(12)10-5-2-3-6(9)7(4-5)11(13)14/h5-6,11,16H,2-4,7-10H2,1H3,(H,17,20);2-4H,1H3,(H,10,12). The number of piperidine rings is 1. The summed E-state index contributed by atoms with van der Waals surface area (Å²) in [5, 5.41) is 29.3. The Morgan fingerprint density at radius 1 is 0.895 bits per heavy atom. The number of nitrogens with zero attached hydrogens (tertiary/aromatic N) is 3. The Bertz CT molecular complexity index is 1140. The third-order valence-electron chi connectivity index (χ3n) is 5.39. The number of carbonyl (C=O) groups is 2. The first-order valence-electron chi connectivity index (χ1n) is 11.5. The van der Waals surface area contributed by atoms with Gasteiger partial charge in [-0.3, -0.25) is 30.9 Å². The predicted molar refractivity (Wildman–Crippen MR) is 137 cm³/mol. The van der Waals surface area contributed by atoms with Crippen molar-refractivity contribution in [3.05, 3.63) is 62.4 Å². The highest BCUT2D eigenvalue weighted by Crippen LogP contribution is 2.28. The van der Waals surface area contributed by atoms with Crippen LogP contribution in [0.3, 0.4) is 0 Å². The first-order chi connectivity index (χ1) is 18.1. The van der Waals surface area contributed by atoms with Crippen LogP contribution in [-0.4, -0.2) is 67.3 Å². The highest BCUT2D eigenvalue weighted by molar-refractivity contribution is 5.86. The molecule has 0 bridgehead atoms. The van der Waals surface area contributed by atoms with Crippen molar-refractivity contribution in [2.45, 2.75) is 19.3 Å². The van der Waals surface area contributed by atoms with Gasteiger partial charge in [0.1, 0.15) is 5.69 Å². The van der Waals surface area contributed by atoms with E-state index in [1.807, 2.05) is 0 Å². The molecule has 15 heteroatoms. The van der Waals surface area contributed by atoms with Gasteiger partial charge in [-0.1, -0.05) is 6.42 Å². The number of rotatable bonds is 8. The van der Waals surface area contributed by atoms with Crippen LogP contribution in [0.1, 0.15) is 19.3 Å². The van der Waals surface area contributed by atoms with Crippen molar-refractivity contribution in [3.8, 4) is 0 Å². The van der Waals surface area contributed by atoms with Crippen LogP contribution in [0.5, 0.6) is 0 Å². The van der Waals surface area contributed by atoms with E-state index in [0.29, 0.717) is 17.9 Å². The molecule has 0 unspecified atom stereocenters. The molecule has 0 radical (unpaired) electrons. The van der Waals surface area contributed by atoms with Gasteiger partial charge in [0, 0.05) is 25.2 Å². The largest absolute Gasteiger partial charge is 0.453 e. The Morgan fingerprint density at radius 2 is 1.42 bits per heavy atom. The molecule has 1 aliphatic heterocycles. The molecule has 0 aliphatic carbocycles. The lowest BCUT2D eigenvalue weighted by Crippen LogP contribution is -2.33. The molecule has 1 fully saturated rings. The molecular formula is C23H29FN6O8. The SMILES string of the molecule is COC(=O)Nc1ccc(F)c([N+](=O)[O-])c1.COC(=O)Nc1ccc(NCCN2CCCCC2)c([N+](=O)[O-])c1. The van der Waals surface area contributed by atoms with Crippen LogP contribution < -0.4 is 16.0 Å². The van der Waals surface area contributed by atoms with E-state index >= 15 is 0 Å². The smallest absolute Gasteiger partial charge is 0.411 e. The Labute approximate surface area is 217 Å². The number of nitrogens with one attached hydrogen (secondary N) is 3. The van der Waals surface area contributed by atoms with Gasteiger partial charge in [-0.05, 0) is 50.2 Å². The summed E-state index contributed by atoms with van der Waals surface area (Å²) in [5.41, 5.74) is 0.0870. The third kappa shape index (κ3) is 9.50. The lowest BCUT2D eigenvalue weighted by molar-refractivity contribution is -0.387. The summed E-state index contributed by atoms with van der Waals surface area (Å²) in [6, 6.07) is 7.52. The van der Waals surface area contributed by atoms with Crippen LogP contribution in [0.4, 0.5) is 42.4 Å². The molecule has 3 rings (SSSR count). The van der Waals surface area contributed by atoms with E-state index in [2.05, 4.69) is 30.3 Å². The fourth-order valence-corrected chi connectivity index (χ4v) is 3.51. The van der Waals surface area contributed by atoms with Gasteiger partial charge >= 0.3 is 17.9 Å². The number of likely N-dealkylation sites (tertiary alicyclic amines) is 1. The van der Waals surface area contributed by atoms with Gasteiger partial charge in [0.15, 0.2) is 0 Å². The first-order valence-corrected chi connectivity index (χ1v) is 11.5. The third-order valence-corrected chi connectivity index (χ3v) is 5.39. The predicted octanol–water partition coefficient (Wildman–Crippen LogP) is 4.58. The molecule has 1 saturated heterocycles. The number of nitro groups is 2. The van der Waals surface area contributed by atoms with Crippen molar-refractivity contribution in [2.24, 2.45) is 0 Å². The molecule has 0 atom stereocenters. The maximum Gasteiger partial charge on any atom is 0.411 e. The maximum absolute atomic E-state index is 12.9. The van der Waals surface area contributed by atoms with Gasteiger partial charge in [-0.15, -0.1) is 0 Å². The number of hydrogen-bond acceptors (Lipinski definition) is 10. The van der Waals surface area contributed by atoms with Crippen LogP contribution in [-0.2, 0) is 9.47 Å². The van der Waals surface area contributed by atoms with E-state index in [1.54, 1.807) is 12.1 Å². The number of benzene rings is 2. The Hall–Kier alpha value is -4.53.